The number of carbonyl (C=O) groups is 1. The number of nitrogens with one attached hydrogen (secondary N) is 1. The first kappa shape index (κ1) is 15.1. The van der Waals surface area contributed by atoms with Crippen LogP contribution < -0.4 is 5.32 Å². The maximum absolute atomic E-state index is 12.9. The molecule has 0 saturated carbocycles. The van der Waals surface area contributed by atoms with Crippen molar-refractivity contribution in [3.05, 3.63) is 17.0 Å². The van der Waals surface area contributed by atoms with E-state index in [4.69, 9.17) is 9.26 Å². The zero-order chi connectivity index (χ0) is 15.6. The summed E-state index contributed by atoms with van der Waals surface area (Å²) in [6, 6.07) is 0.564. The van der Waals surface area contributed by atoms with Gasteiger partial charge in [0.15, 0.2) is 5.69 Å². The Labute approximate surface area is 136 Å². The van der Waals surface area contributed by atoms with Crippen molar-refractivity contribution in [1.82, 2.24) is 15.4 Å². The maximum Gasteiger partial charge on any atom is 0.276 e. The Morgan fingerprint density at radius 1 is 1.26 bits per heavy atom. The van der Waals surface area contributed by atoms with Crippen molar-refractivity contribution in [3.63, 3.8) is 0 Å². The monoisotopic (exact) mass is 319 g/mol. The summed E-state index contributed by atoms with van der Waals surface area (Å²) in [6.07, 6.45) is 6.81. The van der Waals surface area contributed by atoms with Gasteiger partial charge >= 0.3 is 0 Å². The van der Waals surface area contributed by atoms with Gasteiger partial charge in [0.2, 0.25) is 0 Å². The molecule has 2 unspecified atom stereocenters. The van der Waals surface area contributed by atoms with E-state index in [1.165, 1.54) is 25.7 Å². The first-order valence-corrected chi connectivity index (χ1v) is 8.91. The minimum atomic E-state index is 0.0148. The molecule has 0 bridgehead atoms. The number of hydrogen-bond donors (Lipinski definition) is 1. The van der Waals surface area contributed by atoms with Gasteiger partial charge in [-0.05, 0) is 38.1 Å². The third kappa shape index (κ3) is 3.02. The van der Waals surface area contributed by atoms with Gasteiger partial charge in [0, 0.05) is 25.6 Å². The Bertz CT molecular complexity index is 565. The number of aromatic nitrogens is 1. The zero-order valence-corrected chi connectivity index (χ0v) is 13.6. The second kappa shape index (κ2) is 6.61. The van der Waals surface area contributed by atoms with Gasteiger partial charge in [0.05, 0.1) is 18.8 Å². The Morgan fingerprint density at radius 2 is 2.22 bits per heavy atom. The van der Waals surface area contributed by atoms with Crippen molar-refractivity contribution in [2.24, 2.45) is 5.92 Å². The molecule has 126 valence electrons. The van der Waals surface area contributed by atoms with Gasteiger partial charge < -0.3 is 19.5 Å². The van der Waals surface area contributed by atoms with Crippen molar-refractivity contribution in [2.45, 2.75) is 51.2 Å². The SMILES string of the molecule is O=C(c1noc2c1COCC2)N1CCCC(C2CCCCN2)C1. The summed E-state index contributed by atoms with van der Waals surface area (Å²) in [4.78, 5) is 14.9. The van der Waals surface area contributed by atoms with E-state index in [0.717, 1.165) is 37.4 Å². The van der Waals surface area contributed by atoms with Crippen LogP contribution in [0.25, 0.3) is 0 Å². The average molecular weight is 319 g/mol. The van der Waals surface area contributed by atoms with Gasteiger partial charge in [-0.25, -0.2) is 0 Å². The van der Waals surface area contributed by atoms with Crippen molar-refractivity contribution < 1.29 is 14.1 Å². The zero-order valence-electron chi connectivity index (χ0n) is 13.6. The number of rotatable bonds is 2. The van der Waals surface area contributed by atoms with Crippen LogP contribution in [-0.4, -0.2) is 48.2 Å². The Hall–Kier alpha value is -1.40. The number of carbonyl (C=O) groups excluding carboxylic acids is 1. The number of nitrogens with zero attached hydrogens (tertiary/aromatic N) is 2. The number of fused-ring (bicyclic) bond motifs is 1. The molecule has 0 aromatic carbocycles. The molecule has 0 aliphatic carbocycles. The van der Waals surface area contributed by atoms with Crippen LogP contribution in [-0.2, 0) is 17.8 Å². The largest absolute Gasteiger partial charge is 0.376 e. The fourth-order valence-electron chi connectivity index (χ4n) is 4.15. The average Bonchev–Trinajstić information content (AvgIpc) is 3.06. The molecule has 4 rings (SSSR count). The van der Waals surface area contributed by atoms with E-state index >= 15 is 0 Å². The predicted octanol–water partition coefficient (Wildman–Crippen LogP) is 1.74. The van der Waals surface area contributed by atoms with Crippen molar-refractivity contribution in [2.75, 3.05) is 26.2 Å². The van der Waals surface area contributed by atoms with Crippen LogP contribution in [0.5, 0.6) is 0 Å². The molecule has 23 heavy (non-hydrogen) atoms. The van der Waals surface area contributed by atoms with Crippen LogP contribution in [0.3, 0.4) is 0 Å². The highest BCUT2D eigenvalue weighted by atomic mass is 16.5. The summed E-state index contributed by atoms with van der Waals surface area (Å²) in [5, 5.41) is 7.69. The molecule has 0 spiro atoms. The predicted molar refractivity (Wildman–Crippen MR) is 84.1 cm³/mol. The molecule has 1 aromatic heterocycles. The number of amides is 1. The van der Waals surface area contributed by atoms with E-state index in [0.29, 0.717) is 37.3 Å². The Morgan fingerprint density at radius 3 is 3.09 bits per heavy atom. The molecule has 2 saturated heterocycles. The maximum atomic E-state index is 12.9. The van der Waals surface area contributed by atoms with Crippen LogP contribution in [0.1, 0.15) is 53.9 Å². The molecule has 4 heterocycles. The van der Waals surface area contributed by atoms with Crippen LogP contribution in [0.4, 0.5) is 0 Å². The molecular weight excluding hydrogens is 294 g/mol. The summed E-state index contributed by atoms with van der Waals surface area (Å²) in [7, 11) is 0. The normalized spacial score (nSPS) is 28.4. The van der Waals surface area contributed by atoms with Crippen LogP contribution in [0.2, 0.25) is 0 Å². The van der Waals surface area contributed by atoms with Crippen LogP contribution >= 0.6 is 0 Å². The minimum absolute atomic E-state index is 0.0148. The molecule has 1 amide bonds. The molecule has 1 aromatic rings. The standard InChI is InChI=1S/C17H25N3O3/c21-17(16-13-11-22-9-6-15(13)23-19-16)20-8-3-4-12(10-20)14-5-1-2-7-18-14/h12,14,18H,1-11H2. The molecule has 0 radical (unpaired) electrons. The van der Waals surface area contributed by atoms with Gasteiger partial charge in [-0.1, -0.05) is 11.6 Å². The summed E-state index contributed by atoms with van der Waals surface area (Å²) in [5.41, 5.74) is 1.33. The summed E-state index contributed by atoms with van der Waals surface area (Å²) < 4.78 is 10.8. The number of piperidine rings is 2. The quantitative estimate of drug-likeness (QED) is 0.899. The second-order valence-corrected chi connectivity index (χ2v) is 6.95. The fourth-order valence-corrected chi connectivity index (χ4v) is 4.15. The number of hydrogen-bond acceptors (Lipinski definition) is 5. The van der Waals surface area contributed by atoms with Crippen molar-refractivity contribution in [3.8, 4) is 0 Å². The van der Waals surface area contributed by atoms with E-state index < -0.39 is 0 Å². The van der Waals surface area contributed by atoms with Gasteiger partial charge in [-0.2, -0.15) is 0 Å². The van der Waals surface area contributed by atoms with E-state index in [-0.39, 0.29) is 5.91 Å². The van der Waals surface area contributed by atoms with Gasteiger partial charge in [-0.3, -0.25) is 4.79 Å². The summed E-state index contributed by atoms with van der Waals surface area (Å²) >= 11 is 0. The highest BCUT2D eigenvalue weighted by Gasteiger charge is 2.33. The minimum Gasteiger partial charge on any atom is -0.376 e. The molecule has 2 fully saturated rings. The Balaban J connectivity index is 1.46. The molecule has 3 aliphatic rings. The van der Waals surface area contributed by atoms with Gasteiger partial charge in [0.1, 0.15) is 5.76 Å². The first-order valence-electron chi connectivity index (χ1n) is 8.91. The summed E-state index contributed by atoms with van der Waals surface area (Å²) in [6.45, 7) is 3.86. The third-order valence-electron chi connectivity index (χ3n) is 5.45. The fraction of sp³-hybridized carbons (Fsp3) is 0.765. The van der Waals surface area contributed by atoms with E-state index in [1.54, 1.807) is 0 Å². The van der Waals surface area contributed by atoms with E-state index in [2.05, 4.69) is 10.5 Å². The first-order chi connectivity index (χ1) is 11.3. The Kier molecular flexibility index (Phi) is 4.35. The molecule has 6 nitrogen and oxygen atoms in total. The van der Waals surface area contributed by atoms with Crippen LogP contribution in [0, 0.1) is 5.92 Å². The number of likely N-dealkylation sites (tertiary alicyclic amines) is 1. The third-order valence-corrected chi connectivity index (χ3v) is 5.45. The number of ether oxygens (including phenoxy) is 1. The highest BCUT2D eigenvalue weighted by Crippen LogP contribution is 2.27. The topological polar surface area (TPSA) is 67.6 Å². The van der Waals surface area contributed by atoms with Gasteiger partial charge in [0.25, 0.3) is 5.91 Å². The summed E-state index contributed by atoms with van der Waals surface area (Å²) in [5.74, 6) is 1.40. The molecule has 2 atom stereocenters. The lowest BCUT2D eigenvalue weighted by atomic mass is 9.86. The van der Waals surface area contributed by atoms with Gasteiger partial charge in [-0.15, -0.1) is 0 Å². The second-order valence-electron chi connectivity index (χ2n) is 6.95. The van der Waals surface area contributed by atoms with E-state index in [1.807, 2.05) is 4.90 Å². The van der Waals surface area contributed by atoms with Crippen LogP contribution in [0.15, 0.2) is 4.52 Å². The lowest BCUT2D eigenvalue weighted by Crippen LogP contribution is -2.49. The molecular formula is C17H25N3O3. The van der Waals surface area contributed by atoms with E-state index in [9.17, 15) is 4.79 Å². The highest BCUT2D eigenvalue weighted by molar-refractivity contribution is 5.94. The molecule has 3 aliphatic heterocycles. The lowest BCUT2D eigenvalue weighted by Gasteiger charge is -2.38. The molecule has 1 N–H and O–H groups in total. The molecule has 6 heteroatoms. The lowest BCUT2D eigenvalue weighted by molar-refractivity contribution is 0.0617. The smallest absolute Gasteiger partial charge is 0.276 e. The van der Waals surface area contributed by atoms with Crippen molar-refractivity contribution in [1.29, 1.82) is 0 Å². The van der Waals surface area contributed by atoms with Crippen molar-refractivity contribution >= 4 is 5.91 Å².